The zero-order chi connectivity index (χ0) is 40.0. The van der Waals surface area contributed by atoms with Gasteiger partial charge in [-0.1, -0.05) is 188 Å². The Labute approximate surface area is 353 Å². The first kappa shape index (κ1) is 33.9. The van der Waals surface area contributed by atoms with Crippen LogP contribution in [-0.4, -0.2) is 4.57 Å². The molecule has 0 aliphatic carbocycles. The van der Waals surface area contributed by atoms with Gasteiger partial charge in [0.25, 0.3) is 0 Å². The highest BCUT2D eigenvalue weighted by molar-refractivity contribution is 6.24. The number of fused-ring (bicyclic) bond motifs is 13. The maximum atomic E-state index is 2.49. The molecule has 0 aliphatic heterocycles. The van der Waals surface area contributed by atoms with Gasteiger partial charge < -0.3 is 4.57 Å². The van der Waals surface area contributed by atoms with E-state index in [4.69, 9.17) is 0 Å². The summed E-state index contributed by atoms with van der Waals surface area (Å²) in [7, 11) is 0. The van der Waals surface area contributed by atoms with Crippen LogP contribution in [0.1, 0.15) is 0 Å². The van der Waals surface area contributed by atoms with Crippen molar-refractivity contribution in [1.29, 1.82) is 0 Å². The van der Waals surface area contributed by atoms with Crippen molar-refractivity contribution < 1.29 is 0 Å². The van der Waals surface area contributed by atoms with E-state index < -0.39 is 0 Å². The first-order valence-corrected chi connectivity index (χ1v) is 21.2. The van der Waals surface area contributed by atoms with Crippen LogP contribution >= 0.6 is 0 Å². The van der Waals surface area contributed by atoms with Crippen LogP contribution in [-0.2, 0) is 0 Å². The summed E-state index contributed by atoms with van der Waals surface area (Å²) in [5.74, 6) is 0. The van der Waals surface area contributed by atoms with E-state index in [0.717, 1.165) is 0 Å². The zero-order valence-electron chi connectivity index (χ0n) is 33.3. The fourth-order valence-corrected chi connectivity index (χ4v) is 10.2. The summed E-state index contributed by atoms with van der Waals surface area (Å²) in [6, 6.07) is 83.1. The fraction of sp³-hybridized carbons (Fsp3) is 0. The van der Waals surface area contributed by atoms with E-state index in [1.165, 1.54) is 126 Å². The van der Waals surface area contributed by atoms with Gasteiger partial charge in [-0.15, -0.1) is 0 Å². The number of hydrogen-bond donors (Lipinski definition) is 0. The van der Waals surface area contributed by atoms with Gasteiger partial charge in [0.2, 0.25) is 0 Å². The lowest BCUT2D eigenvalue weighted by atomic mass is 9.91. The van der Waals surface area contributed by atoms with Crippen LogP contribution < -0.4 is 0 Å². The molecule has 1 nitrogen and oxygen atoms in total. The summed E-state index contributed by atoms with van der Waals surface area (Å²) in [6.07, 6.45) is 0. The predicted octanol–water partition coefficient (Wildman–Crippen LogP) is 16.7. The van der Waals surface area contributed by atoms with E-state index in [-0.39, 0.29) is 0 Å². The van der Waals surface area contributed by atoms with E-state index >= 15 is 0 Å². The molecule has 1 aromatic heterocycles. The molecule has 0 saturated carbocycles. The summed E-state index contributed by atoms with van der Waals surface area (Å²) in [4.78, 5) is 0. The summed E-state index contributed by atoms with van der Waals surface area (Å²) in [5.41, 5.74) is 11.0. The Morgan fingerprint density at radius 2 is 0.689 bits per heavy atom. The summed E-state index contributed by atoms with van der Waals surface area (Å²) in [6.45, 7) is 0. The molecule has 12 aromatic carbocycles. The predicted molar refractivity (Wildman–Crippen MR) is 262 cm³/mol. The molecule has 0 N–H and O–H groups in total. The first-order chi connectivity index (χ1) is 30.2. The van der Waals surface area contributed by atoms with Crippen molar-refractivity contribution in [2.75, 3.05) is 0 Å². The van der Waals surface area contributed by atoms with Crippen LogP contribution in [0.3, 0.4) is 0 Å². The van der Waals surface area contributed by atoms with Crippen molar-refractivity contribution in [2.24, 2.45) is 0 Å². The molecule has 13 aromatic rings. The van der Waals surface area contributed by atoms with Crippen LogP contribution in [0.4, 0.5) is 0 Å². The Bertz CT molecular complexity index is 3910. The molecule has 0 saturated heterocycles. The van der Waals surface area contributed by atoms with E-state index in [9.17, 15) is 0 Å². The molecule has 1 heteroatoms. The van der Waals surface area contributed by atoms with Crippen LogP contribution in [0.15, 0.2) is 224 Å². The molecule has 0 spiro atoms. The van der Waals surface area contributed by atoms with Crippen molar-refractivity contribution in [3.63, 3.8) is 0 Å². The zero-order valence-corrected chi connectivity index (χ0v) is 33.3. The molecule has 0 unspecified atom stereocenters. The van der Waals surface area contributed by atoms with Crippen molar-refractivity contribution in [2.45, 2.75) is 0 Å². The fourth-order valence-electron chi connectivity index (χ4n) is 10.2. The van der Waals surface area contributed by atoms with Crippen LogP contribution in [0.2, 0.25) is 0 Å². The Balaban J connectivity index is 0.945. The summed E-state index contributed by atoms with van der Waals surface area (Å²) >= 11 is 0. The number of hydrogen-bond acceptors (Lipinski definition) is 0. The van der Waals surface area contributed by atoms with Gasteiger partial charge in [-0.3, -0.25) is 0 Å². The molecular weight excluding hydrogens is 735 g/mol. The van der Waals surface area contributed by atoms with E-state index in [1.807, 2.05) is 0 Å². The molecule has 0 atom stereocenters. The Hall–Kier alpha value is -8.00. The maximum absolute atomic E-state index is 2.49. The highest BCUT2D eigenvalue weighted by Crippen LogP contribution is 2.42. The second-order valence-electron chi connectivity index (χ2n) is 16.4. The minimum absolute atomic E-state index is 1.20. The molecule has 282 valence electrons. The van der Waals surface area contributed by atoms with Crippen molar-refractivity contribution in [1.82, 2.24) is 4.57 Å². The SMILES string of the molecule is c1ccc(-c2cc3ccccc3c3cc(-c4ccc(-c5ccc6c(c5)c5ccccc5n6-c5cc6c(ccc7c8ccccc8ccc76)c6ccccc56)cc4)ccc23)cc1. The number of aromatic nitrogens is 1. The van der Waals surface area contributed by atoms with Crippen molar-refractivity contribution in [3.05, 3.63) is 224 Å². The molecule has 0 fully saturated rings. The van der Waals surface area contributed by atoms with Crippen molar-refractivity contribution in [3.8, 4) is 39.1 Å². The van der Waals surface area contributed by atoms with Crippen LogP contribution in [0, 0.1) is 0 Å². The largest absolute Gasteiger partial charge is 0.309 e. The topological polar surface area (TPSA) is 4.93 Å². The smallest absolute Gasteiger partial charge is 0.0547 e. The molecule has 0 radical (unpaired) electrons. The van der Waals surface area contributed by atoms with E-state index in [2.05, 4.69) is 229 Å². The third-order valence-electron chi connectivity index (χ3n) is 13.2. The Kier molecular flexibility index (Phi) is 7.37. The summed E-state index contributed by atoms with van der Waals surface area (Å²) in [5, 5.41) is 17.8. The van der Waals surface area contributed by atoms with E-state index in [1.54, 1.807) is 0 Å². The Morgan fingerprint density at radius 3 is 1.44 bits per heavy atom. The normalized spacial score (nSPS) is 11.9. The molecule has 0 amide bonds. The Morgan fingerprint density at radius 1 is 0.213 bits per heavy atom. The monoisotopic (exact) mass is 771 g/mol. The lowest BCUT2D eigenvalue weighted by molar-refractivity contribution is 1.20. The first-order valence-electron chi connectivity index (χ1n) is 21.2. The highest BCUT2D eigenvalue weighted by atomic mass is 15.0. The molecule has 13 rings (SSSR count). The van der Waals surface area contributed by atoms with Gasteiger partial charge in [-0.05, 0) is 129 Å². The van der Waals surface area contributed by atoms with Gasteiger partial charge in [-0.2, -0.15) is 0 Å². The maximum Gasteiger partial charge on any atom is 0.0547 e. The standard InChI is InChI=1S/C60H37N/c1-2-12-40(13-3-1)54-36-44-15-5-7-17-46(44)55-34-42(27-30-51(54)55)38-22-24-39(25-23-38)43-28-33-59-57(35-43)53-20-10-11-21-58(53)61(59)60-37-56-49-29-26-41-14-4-6-16-45(41)48(49)31-32-50(56)47-18-8-9-19-52(47)60/h1-37H. The number of nitrogens with zero attached hydrogens (tertiary/aromatic N) is 1. The quantitative estimate of drug-likeness (QED) is 0.157. The number of rotatable bonds is 4. The number of benzene rings is 12. The third kappa shape index (κ3) is 5.21. The molecule has 0 bridgehead atoms. The minimum Gasteiger partial charge on any atom is -0.309 e. The van der Waals surface area contributed by atoms with Crippen molar-refractivity contribution >= 4 is 86.4 Å². The average molecular weight is 772 g/mol. The molecule has 1 heterocycles. The minimum atomic E-state index is 1.20. The lowest BCUT2D eigenvalue weighted by Crippen LogP contribution is -1.96. The van der Waals surface area contributed by atoms with Crippen LogP contribution in [0.5, 0.6) is 0 Å². The molecule has 61 heavy (non-hydrogen) atoms. The van der Waals surface area contributed by atoms with Gasteiger partial charge in [0.05, 0.1) is 16.7 Å². The van der Waals surface area contributed by atoms with Gasteiger partial charge in [0, 0.05) is 16.2 Å². The average Bonchev–Trinajstić information content (AvgIpc) is 3.67. The molecule has 0 aliphatic rings. The number of para-hydroxylation sites is 1. The third-order valence-corrected chi connectivity index (χ3v) is 13.2. The van der Waals surface area contributed by atoms with Gasteiger partial charge in [-0.25, -0.2) is 0 Å². The highest BCUT2D eigenvalue weighted by Gasteiger charge is 2.18. The van der Waals surface area contributed by atoms with Gasteiger partial charge in [0.15, 0.2) is 0 Å². The van der Waals surface area contributed by atoms with E-state index in [0.29, 0.717) is 0 Å². The van der Waals surface area contributed by atoms with Crippen LogP contribution in [0.25, 0.3) is 126 Å². The van der Waals surface area contributed by atoms with Gasteiger partial charge in [0.1, 0.15) is 0 Å². The second-order valence-corrected chi connectivity index (χ2v) is 16.4. The second kappa shape index (κ2) is 13.3. The lowest BCUT2D eigenvalue weighted by Gasteiger charge is -2.16. The van der Waals surface area contributed by atoms with Gasteiger partial charge >= 0.3 is 0 Å². The summed E-state index contributed by atoms with van der Waals surface area (Å²) < 4.78 is 2.49. The molecular formula is C60H37N.